The third-order valence-corrected chi connectivity index (χ3v) is 5.45. The molecule has 0 saturated carbocycles. The van der Waals surface area contributed by atoms with Gasteiger partial charge in [-0.25, -0.2) is 9.37 Å². The van der Waals surface area contributed by atoms with E-state index in [1.54, 1.807) is 12.1 Å². The fraction of sp³-hybridized carbons (Fsp3) is 0.476. The first kappa shape index (κ1) is 18.7. The molecule has 1 amide bonds. The van der Waals surface area contributed by atoms with Crippen LogP contribution in [0.15, 0.2) is 30.3 Å². The zero-order valence-corrected chi connectivity index (χ0v) is 16.3. The van der Waals surface area contributed by atoms with E-state index < -0.39 is 0 Å². The molecular weight excluding hydrogens is 357 g/mol. The van der Waals surface area contributed by atoms with Gasteiger partial charge in [0.25, 0.3) is 5.91 Å². The SMILES string of the molecule is Cc1cc(N2CCN(C(=O)c3ccc(F)cc3)CC2)nc(N2CCCCC2)n1. The Hall–Kier alpha value is -2.70. The van der Waals surface area contributed by atoms with Crippen molar-refractivity contribution in [2.45, 2.75) is 26.2 Å². The molecule has 2 saturated heterocycles. The average molecular weight is 383 g/mol. The van der Waals surface area contributed by atoms with Crippen LogP contribution >= 0.6 is 0 Å². The number of hydrogen-bond acceptors (Lipinski definition) is 5. The molecule has 3 heterocycles. The molecule has 0 spiro atoms. The number of amides is 1. The summed E-state index contributed by atoms with van der Waals surface area (Å²) in [4.78, 5) is 28.4. The quantitative estimate of drug-likeness (QED) is 0.816. The monoisotopic (exact) mass is 383 g/mol. The first-order valence-electron chi connectivity index (χ1n) is 10.0. The van der Waals surface area contributed by atoms with Gasteiger partial charge < -0.3 is 14.7 Å². The standard InChI is InChI=1S/C21H26FN5O/c1-16-15-19(24-21(23-16)27-9-3-2-4-10-27)25-11-13-26(14-12-25)20(28)17-5-7-18(22)8-6-17/h5-8,15H,2-4,9-14H2,1H3. The maximum Gasteiger partial charge on any atom is 0.253 e. The molecule has 0 atom stereocenters. The van der Waals surface area contributed by atoms with Crippen molar-refractivity contribution in [3.63, 3.8) is 0 Å². The second-order valence-corrected chi connectivity index (χ2v) is 7.50. The van der Waals surface area contributed by atoms with Gasteiger partial charge in [-0.3, -0.25) is 4.79 Å². The molecule has 2 fully saturated rings. The molecule has 0 aliphatic carbocycles. The third-order valence-electron chi connectivity index (χ3n) is 5.45. The van der Waals surface area contributed by atoms with Crippen LogP contribution < -0.4 is 9.80 Å². The Kier molecular flexibility index (Phi) is 5.41. The molecule has 0 unspecified atom stereocenters. The summed E-state index contributed by atoms with van der Waals surface area (Å²) >= 11 is 0. The van der Waals surface area contributed by atoms with Crippen LogP contribution in [0.3, 0.4) is 0 Å². The molecule has 1 aromatic carbocycles. The van der Waals surface area contributed by atoms with E-state index in [0.717, 1.165) is 43.6 Å². The number of piperidine rings is 1. The zero-order chi connectivity index (χ0) is 19.5. The number of piperazine rings is 1. The van der Waals surface area contributed by atoms with E-state index in [1.807, 2.05) is 17.9 Å². The molecular formula is C21H26FN5O. The van der Waals surface area contributed by atoms with E-state index in [-0.39, 0.29) is 11.7 Å². The Morgan fingerprint density at radius 1 is 0.893 bits per heavy atom. The Balaban J connectivity index is 1.42. The summed E-state index contributed by atoms with van der Waals surface area (Å²) in [5.41, 5.74) is 1.50. The molecule has 2 aromatic rings. The number of nitrogens with zero attached hydrogens (tertiary/aromatic N) is 5. The largest absolute Gasteiger partial charge is 0.353 e. The smallest absolute Gasteiger partial charge is 0.253 e. The molecule has 1 aromatic heterocycles. The van der Waals surface area contributed by atoms with Crippen molar-refractivity contribution in [1.82, 2.24) is 14.9 Å². The number of aromatic nitrogens is 2. The van der Waals surface area contributed by atoms with Gasteiger partial charge in [-0.1, -0.05) is 0 Å². The summed E-state index contributed by atoms with van der Waals surface area (Å²) in [5.74, 6) is 1.37. The number of benzene rings is 1. The number of carbonyl (C=O) groups excluding carboxylic acids is 1. The maximum atomic E-state index is 13.1. The van der Waals surface area contributed by atoms with Crippen molar-refractivity contribution in [3.05, 3.63) is 47.4 Å². The summed E-state index contributed by atoms with van der Waals surface area (Å²) in [7, 11) is 0. The predicted octanol–water partition coefficient (Wildman–Crippen LogP) is 2.88. The Morgan fingerprint density at radius 3 is 2.25 bits per heavy atom. The second-order valence-electron chi connectivity index (χ2n) is 7.50. The lowest BCUT2D eigenvalue weighted by atomic mass is 10.1. The summed E-state index contributed by atoms with van der Waals surface area (Å²) in [6.07, 6.45) is 3.66. The lowest BCUT2D eigenvalue weighted by Crippen LogP contribution is -2.49. The van der Waals surface area contributed by atoms with Gasteiger partial charge in [0.2, 0.25) is 5.95 Å². The topological polar surface area (TPSA) is 52.6 Å². The lowest BCUT2D eigenvalue weighted by Gasteiger charge is -2.36. The van der Waals surface area contributed by atoms with Crippen molar-refractivity contribution in [3.8, 4) is 0 Å². The maximum absolute atomic E-state index is 13.1. The fourth-order valence-corrected chi connectivity index (χ4v) is 3.85. The summed E-state index contributed by atoms with van der Waals surface area (Å²) in [6.45, 7) is 6.74. The normalized spacial score (nSPS) is 17.7. The van der Waals surface area contributed by atoms with E-state index in [2.05, 4.69) is 14.8 Å². The molecule has 4 rings (SSSR count). The molecule has 6 nitrogen and oxygen atoms in total. The Morgan fingerprint density at radius 2 is 1.57 bits per heavy atom. The molecule has 2 aliphatic rings. The summed E-state index contributed by atoms with van der Waals surface area (Å²) < 4.78 is 13.1. The van der Waals surface area contributed by atoms with E-state index in [0.29, 0.717) is 18.7 Å². The minimum Gasteiger partial charge on any atom is -0.353 e. The van der Waals surface area contributed by atoms with Gasteiger partial charge >= 0.3 is 0 Å². The molecule has 2 aliphatic heterocycles. The predicted molar refractivity (Wildman–Crippen MR) is 107 cm³/mol. The van der Waals surface area contributed by atoms with Crippen molar-refractivity contribution in [2.75, 3.05) is 49.1 Å². The average Bonchev–Trinajstić information content (AvgIpc) is 2.74. The van der Waals surface area contributed by atoms with Crippen molar-refractivity contribution in [2.24, 2.45) is 0 Å². The molecule has 28 heavy (non-hydrogen) atoms. The van der Waals surface area contributed by atoms with Gasteiger partial charge in [-0.05, 0) is 50.5 Å². The van der Waals surface area contributed by atoms with Gasteiger partial charge in [-0.2, -0.15) is 4.98 Å². The number of rotatable bonds is 3. The Labute approximate surface area is 165 Å². The molecule has 0 radical (unpaired) electrons. The van der Waals surface area contributed by atoms with E-state index >= 15 is 0 Å². The van der Waals surface area contributed by atoms with Crippen LogP contribution in [0.5, 0.6) is 0 Å². The molecule has 148 valence electrons. The minimum atomic E-state index is -0.329. The number of anilines is 2. The minimum absolute atomic E-state index is 0.0486. The van der Waals surface area contributed by atoms with Crippen molar-refractivity contribution < 1.29 is 9.18 Å². The third kappa shape index (κ3) is 4.08. The Bertz CT molecular complexity index is 827. The number of carbonyl (C=O) groups is 1. The first-order valence-corrected chi connectivity index (χ1v) is 10.0. The van der Waals surface area contributed by atoms with Crippen molar-refractivity contribution >= 4 is 17.7 Å². The fourth-order valence-electron chi connectivity index (χ4n) is 3.85. The zero-order valence-electron chi connectivity index (χ0n) is 16.3. The van der Waals surface area contributed by atoms with Crippen LogP contribution in [0.2, 0.25) is 0 Å². The summed E-state index contributed by atoms with van der Waals surface area (Å²) in [6, 6.07) is 7.76. The van der Waals surface area contributed by atoms with Crippen LogP contribution in [0, 0.1) is 12.7 Å². The van der Waals surface area contributed by atoms with Crippen LogP contribution in [0.25, 0.3) is 0 Å². The van der Waals surface area contributed by atoms with Crippen LogP contribution in [0.4, 0.5) is 16.2 Å². The highest BCUT2D eigenvalue weighted by atomic mass is 19.1. The lowest BCUT2D eigenvalue weighted by molar-refractivity contribution is 0.0746. The van der Waals surface area contributed by atoms with Gasteiger partial charge in [0.15, 0.2) is 0 Å². The number of aryl methyl sites for hydroxylation is 1. The van der Waals surface area contributed by atoms with E-state index in [9.17, 15) is 9.18 Å². The van der Waals surface area contributed by atoms with Crippen LogP contribution in [-0.2, 0) is 0 Å². The van der Waals surface area contributed by atoms with Gasteiger partial charge in [0.05, 0.1) is 0 Å². The highest BCUT2D eigenvalue weighted by Crippen LogP contribution is 2.22. The molecule has 0 bridgehead atoms. The summed E-state index contributed by atoms with van der Waals surface area (Å²) in [5, 5.41) is 0. The first-order chi connectivity index (χ1) is 13.6. The van der Waals surface area contributed by atoms with Crippen molar-refractivity contribution in [1.29, 1.82) is 0 Å². The van der Waals surface area contributed by atoms with E-state index in [4.69, 9.17) is 4.98 Å². The highest BCUT2D eigenvalue weighted by molar-refractivity contribution is 5.94. The van der Waals surface area contributed by atoms with Gasteiger partial charge in [0.1, 0.15) is 11.6 Å². The van der Waals surface area contributed by atoms with Crippen LogP contribution in [-0.4, -0.2) is 60.0 Å². The van der Waals surface area contributed by atoms with E-state index in [1.165, 1.54) is 31.4 Å². The van der Waals surface area contributed by atoms with Gasteiger partial charge in [0, 0.05) is 56.6 Å². The molecule has 0 N–H and O–H groups in total. The number of halogens is 1. The molecule has 7 heteroatoms. The van der Waals surface area contributed by atoms with Crippen LogP contribution in [0.1, 0.15) is 35.3 Å². The second kappa shape index (κ2) is 8.12. The number of hydrogen-bond donors (Lipinski definition) is 0. The highest BCUT2D eigenvalue weighted by Gasteiger charge is 2.24. The van der Waals surface area contributed by atoms with Gasteiger partial charge in [-0.15, -0.1) is 0 Å².